The number of aliphatic carboxylic acids is 1. The Balaban J connectivity index is -0.0000000408. The summed E-state index contributed by atoms with van der Waals surface area (Å²) in [5.74, 6) is -0.782. The fourth-order valence-electron chi connectivity index (χ4n) is 0.502. The summed E-state index contributed by atoms with van der Waals surface area (Å²) in [6.45, 7) is 1.83. The van der Waals surface area contributed by atoms with E-state index in [2.05, 4.69) is 5.32 Å². The van der Waals surface area contributed by atoms with Crippen molar-refractivity contribution < 1.29 is 50.5 Å². The average Bonchev–Trinajstić information content (AvgIpc) is 1.69. The molecule has 0 bridgehead atoms. The predicted octanol–water partition coefficient (Wildman–Crippen LogP) is -5.70. The predicted molar refractivity (Wildman–Crippen MR) is 33.0 cm³/mol. The van der Waals surface area contributed by atoms with Crippen LogP contribution in [0.5, 0.6) is 0 Å². The Hall–Kier alpha value is 0.625. The number of hydrogen-bond acceptors (Lipinski definition) is 2. The maximum absolute atomic E-state index is 10.1. The van der Waals surface area contributed by atoms with Crippen LogP contribution >= 0.6 is 0 Å². The van der Waals surface area contributed by atoms with E-state index < -0.39 is 5.97 Å². The van der Waals surface area contributed by atoms with E-state index in [4.69, 9.17) is 5.11 Å². The van der Waals surface area contributed by atoms with Gasteiger partial charge in [0.25, 0.3) is 0 Å². The van der Waals surface area contributed by atoms with Crippen LogP contribution in [0, 0.1) is 0 Å². The van der Waals surface area contributed by atoms with Gasteiger partial charge in [0.05, 0.1) is 0 Å². The van der Waals surface area contributed by atoms with Crippen LogP contribution in [-0.2, 0) is 4.79 Å². The van der Waals surface area contributed by atoms with Gasteiger partial charge in [-0.1, -0.05) is 6.92 Å². The van der Waals surface area contributed by atoms with Crippen molar-refractivity contribution in [2.45, 2.75) is 19.4 Å². The second-order valence-corrected chi connectivity index (χ2v) is 1.59. The van der Waals surface area contributed by atoms with Gasteiger partial charge >= 0.3 is 43.7 Å². The maximum atomic E-state index is 10.1. The molecule has 0 aliphatic heterocycles. The maximum Gasteiger partial charge on any atom is 1.00 e. The fraction of sp³-hybridized carbons (Fsp3) is 0.800. The minimum Gasteiger partial charge on any atom is -1.00 e. The van der Waals surface area contributed by atoms with Crippen molar-refractivity contribution in [2.24, 2.45) is 0 Å². The van der Waals surface area contributed by atoms with Gasteiger partial charge in [0.15, 0.2) is 0 Å². The first-order valence-corrected chi connectivity index (χ1v) is 2.62. The second kappa shape index (κ2) is 9.62. The van der Waals surface area contributed by atoms with Gasteiger partial charge in [-0.05, 0) is 13.5 Å². The van der Waals surface area contributed by atoms with Crippen LogP contribution < -0.4 is 43.0 Å². The Morgan fingerprint density at radius 2 is 2.10 bits per heavy atom. The van der Waals surface area contributed by atoms with Crippen molar-refractivity contribution in [1.29, 1.82) is 0 Å². The number of rotatable bonds is 3. The van der Waals surface area contributed by atoms with Gasteiger partial charge in [-0.3, -0.25) is 4.79 Å². The summed E-state index contributed by atoms with van der Waals surface area (Å²) in [7, 11) is 1.64. The summed E-state index contributed by atoms with van der Waals surface area (Å²) in [5.41, 5.74) is 0. The third-order valence-electron chi connectivity index (χ3n) is 1.05. The van der Waals surface area contributed by atoms with Crippen LogP contribution in [0.25, 0.3) is 0 Å². The van der Waals surface area contributed by atoms with Gasteiger partial charge in [-0.15, -0.1) is 0 Å². The number of nitrogens with one attached hydrogen (secondary N) is 1. The molecule has 0 amide bonds. The molecule has 0 saturated heterocycles. The largest absolute Gasteiger partial charge is 1.00 e. The van der Waals surface area contributed by atoms with Crippen molar-refractivity contribution in [2.75, 3.05) is 7.05 Å². The molecule has 0 saturated carbocycles. The van der Waals surface area contributed by atoms with Crippen LogP contribution in [0.4, 0.5) is 0 Å². The molecular weight excluding hydrogens is 120 g/mol. The van der Waals surface area contributed by atoms with Gasteiger partial charge in [-0.25, -0.2) is 0 Å². The van der Waals surface area contributed by atoms with Crippen molar-refractivity contribution >= 4 is 5.97 Å². The van der Waals surface area contributed by atoms with E-state index in [1.807, 2.05) is 6.92 Å². The normalized spacial score (nSPS) is 10.6. The van der Waals surface area contributed by atoms with E-state index >= 15 is 0 Å². The van der Waals surface area contributed by atoms with E-state index in [1.54, 1.807) is 7.05 Å². The Kier molecular flexibility index (Phi) is 16.3. The van der Waals surface area contributed by atoms with E-state index in [1.165, 1.54) is 0 Å². The molecular formula is C5H13Li2NO2. The molecule has 0 aliphatic rings. The summed E-state index contributed by atoms with van der Waals surface area (Å²) < 4.78 is 0. The van der Waals surface area contributed by atoms with Crippen LogP contribution in [0.2, 0.25) is 0 Å². The molecule has 0 rings (SSSR count). The molecule has 2 N–H and O–H groups in total. The smallest absolute Gasteiger partial charge is 1.00 e. The topological polar surface area (TPSA) is 49.3 Å². The average molecular weight is 133 g/mol. The summed E-state index contributed by atoms with van der Waals surface area (Å²) in [4.78, 5) is 10.1. The molecule has 10 heavy (non-hydrogen) atoms. The molecule has 5 heteroatoms. The zero-order chi connectivity index (χ0) is 6.57. The number of carboxylic acid groups (broad SMARTS) is 1. The summed E-state index contributed by atoms with van der Waals surface area (Å²) >= 11 is 0. The molecule has 0 aliphatic carbocycles. The van der Waals surface area contributed by atoms with Crippen molar-refractivity contribution in [3.05, 3.63) is 0 Å². The number of likely N-dealkylation sites (N-methyl/N-ethyl adjacent to an activating group) is 1. The fourth-order valence-corrected chi connectivity index (χ4v) is 0.502. The third-order valence-corrected chi connectivity index (χ3v) is 1.05. The standard InChI is InChI=1S/C5H11NO2.2Li.2H/c1-3-4(6-2)5(7)8;;;;/h4,6H,3H2,1-2H3,(H,7,8);;;;/q;2*+1;2*-1. The second-order valence-electron chi connectivity index (χ2n) is 1.59. The summed E-state index contributed by atoms with van der Waals surface area (Å²) in [6.07, 6.45) is 0.631. The van der Waals surface area contributed by atoms with Crippen LogP contribution in [0.3, 0.4) is 0 Å². The van der Waals surface area contributed by atoms with Gasteiger partial charge in [0, 0.05) is 0 Å². The molecule has 0 aromatic rings. The summed E-state index contributed by atoms with van der Waals surface area (Å²) in [5, 5.41) is 11.0. The molecule has 0 radical (unpaired) electrons. The Morgan fingerprint density at radius 3 is 2.10 bits per heavy atom. The van der Waals surface area contributed by atoms with Gasteiger partial charge < -0.3 is 13.3 Å². The minimum absolute atomic E-state index is 0. The molecule has 0 heterocycles. The molecule has 1 unspecified atom stereocenters. The number of carbonyl (C=O) groups is 1. The minimum atomic E-state index is -0.782. The van der Waals surface area contributed by atoms with E-state index in [9.17, 15) is 4.79 Å². The first-order valence-electron chi connectivity index (χ1n) is 2.62. The monoisotopic (exact) mass is 133 g/mol. The van der Waals surface area contributed by atoms with Crippen molar-refractivity contribution in [3.63, 3.8) is 0 Å². The quantitative estimate of drug-likeness (QED) is 0.377. The van der Waals surface area contributed by atoms with Crippen LogP contribution in [0.1, 0.15) is 16.2 Å². The zero-order valence-corrected chi connectivity index (χ0v) is 7.14. The van der Waals surface area contributed by atoms with Gasteiger partial charge in [0.2, 0.25) is 0 Å². The number of carboxylic acids is 1. The molecule has 0 aromatic carbocycles. The van der Waals surface area contributed by atoms with E-state index in [0.29, 0.717) is 6.42 Å². The Bertz CT molecular complexity index is 93.5. The van der Waals surface area contributed by atoms with Crippen molar-refractivity contribution in [3.8, 4) is 0 Å². The molecule has 1 atom stereocenters. The first kappa shape index (κ1) is 16.9. The first-order chi connectivity index (χ1) is 3.72. The Labute approximate surface area is 88.3 Å². The SMILES string of the molecule is CCC(NC)C(=O)O.[H-].[H-].[Li+].[Li+]. The van der Waals surface area contributed by atoms with Crippen molar-refractivity contribution in [1.82, 2.24) is 5.32 Å². The molecule has 52 valence electrons. The number of hydrogen-bond donors (Lipinski definition) is 2. The van der Waals surface area contributed by atoms with E-state index in [0.717, 1.165) is 0 Å². The van der Waals surface area contributed by atoms with Crippen LogP contribution in [0.15, 0.2) is 0 Å². The van der Waals surface area contributed by atoms with Gasteiger partial charge in [0.1, 0.15) is 6.04 Å². The molecule has 3 nitrogen and oxygen atoms in total. The molecule has 0 fully saturated rings. The Morgan fingerprint density at radius 1 is 1.70 bits per heavy atom. The molecule has 0 spiro atoms. The van der Waals surface area contributed by atoms with Crippen LogP contribution in [-0.4, -0.2) is 24.2 Å². The third kappa shape index (κ3) is 6.74. The zero-order valence-electron chi connectivity index (χ0n) is 9.14. The van der Waals surface area contributed by atoms with E-state index in [-0.39, 0.29) is 46.6 Å². The van der Waals surface area contributed by atoms with Gasteiger partial charge in [-0.2, -0.15) is 0 Å². The summed E-state index contributed by atoms with van der Waals surface area (Å²) in [6, 6.07) is -0.380. The molecule has 0 aromatic heterocycles.